The molecule has 1 aliphatic rings. The SMILES string of the molecule is CC(=O)N1CCc2cc(-n3nc(C(C)(C)C)cc3NC(=O)Nc3cccc(Cl)c3Cl)ccc21. The van der Waals surface area contributed by atoms with Crippen LogP contribution in [0.2, 0.25) is 10.0 Å². The van der Waals surface area contributed by atoms with Gasteiger partial charge in [-0.25, -0.2) is 9.48 Å². The molecular formula is C24H25Cl2N5O2. The summed E-state index contributed by atoms with van der Waals surface area (Å²) in [5, 5.41) is 11.0. The van der Waals surface area contributed by atoms with Crippen LogP contribution >= 0.6 is 23.2 Å². The summed E-state index contributed by atoms with van der Waals surface area (Å²) in [6, 6.07) is 12.3. The molecule has 2 heterocycles. The third-order valence-corrected chi connectivity index (χ3v) is 6.32. The molecule has 3 aromatic rings. The Morgan fingerprint density at radius 1 is 1.06 bits per heavy atom. The van der Waals surface area contributed by atoms with Crippen LogP contribution in [0.4, 0.5) is 22.0 Å². The van der Waals surface area contributed by atoms with E-state index in [1.165, 1.54) is 0 Å². The van der Waals surface area contributed by atoms with Crippen molar-refractivity contribution in [2.24, 2.45) is 0 Å². The molecule has 7 nitrogen and oxygen atoms in total. The molecule has 0 saturated heterocycles. The predicted octanol–water partition coefficient (Wildman–Crippen LogP) is 6.03. The minimum absolute atomic E-state index is 0.0225. The van der Waals surface area contributed by atoms with Crippen molar-refractivity contribution < 1.29 is 9.59 Å². The van der Waals surface area contributed by atoms with Crippen LogP contribution in [-0.4, -0.2) is 28.3 Å². The number of rotatable bonds is 3. The molecule has 2 aromatic carbocycles. The number of benzene rings is 2. The molecular weight excluding hydrogens is 461 g/mol. The van der Waals surface area contributed by atoms with Crippen LogP contribution < -0.4 is 15.5 Å². The topological polar surface area (TPSA) is 79.3 Å². The maximum Gasteiger partial charge on any atom is 0.324 e. The lowest BCUT2D eigenvalue weighted by atomic mass is 9.92. The average molecular weight is 486 g/mol. The Hall–Kier alpha value is -3.03. The van der Waals surface area contributed by atoms with Gasteiger partial charge in [0, 0.05) is 30.6 Å². The van der Waals surface area contributed by atoms with E-state index in [0.29, 0.717) is 23.1 Å². The van der Waals surface area contributed by atoms with E-state index in [1.807, 2.05) is 24.3 Å². The zero-order valence-electron chi connectivity index (χ0n) is 18.9. The molecule has 4 rings (SSSR count). The number of anilines is 3. The first kappa shape index (κ1) is 23.1. The van der Waals surface area contributed by atoms with Crippen molar-refractivity contribution in [3.8, 4) is 5.69 Å². The van der Waals surface area contributed by atoms with Crippen molar-refractivity contribution in [2.75, 3.05) is 22.1 Å². The molecule has 9 heteroatoms. The smallest absolute Gasteiger partial charge is 0.312 e. The highest BCUT2D eigenvalue weighted by Gasteiger charge is 2.25. The van der Waals surface area contributed by atoms with Crippen LogP contribution in [0.1, 0.15) is 39.0 Å². The second kappa shape index (κ2) is 8.72. The lowest BCUT2D eigenvalue weighted by molar-refractivity contribution is -0.116. The summed E-state index contributed by atoms with van der Waals surface area (Å²) in [4.78, 5) is 26.4. The highest BCUT2D eigenvalue weighted by molar-refractivity contribution is 6.44. The standard InChI is InChI=1S/C24H25Cl2N5O2/c1-14(32)30-11-10-15-12-16(8-9-19(15)30)31-21(13-20(29-31)24(2,3)4)28-23(33)27-18-7-5-6-17(25)22(18)26/h5-9,12-13H,10-11H2,1-4H3,(H2,27,28,33). The fourth-order valence-electron chi connectivity index (χ4n) is 3.75. The van der Waals surface area contributed by atoms with Crippen molar-refractivity contribution in [2.45, 2.75) is 39.5 Å². The van der Waals surface area contributed by atoms with Gasteiger partial charge in [-0.15, -0.1) is 0 Å². The largest absolute Gasteiger partial charge is 0.324 e. The number of amides is 3. The number of urea groups is 1. The van der Waals surface area contributed by atoms with Crippen molar-refractivity contribution in [1.82, 2.24) is 9.78 Å². The third-order valence-electron chi connectivity index (χ3n) is 5.50. The number of hydrogen-bond acceptors (Lipinski definition) is 3. The first-order valence-electron chi connectivity index (χ1n) is 10.6. The van der Waals surface area contributed by atoms with Gasteiger partial charge in [0.1, 0.15) is 5.82 Å². The van der Waals surface area contributed by atoms with Crippen LogP contribution in [0, 0.1) is 0 Å². The Balaban J connectivity index is 1.67. The molecule has 33 heavy (non-hydrogen) atoms. The van der Waals surface area contributed by atoms with Gasteiger partial charge in [0.2, 0.25) is 5.91 Å². The molecule has 0 fully saturated rings. The van der Waals surface area contributed by atoms with E-state index in [-0.39, 0.29) is 16.3 Å². The zero-order chi connectivity index (χ0) is 23.9. The van der Waals surface area contributed by atoms with Crippen molar-refractivity contribution >= 4 is 52.3 Å². The quantitative estimate of drug-likeness (QED) is 0.475. The van der Waals surface area contributed by atoms with Crippen molar-refractivity contribution in [3.05, 3.63) is 63.8 Å². The van der Waals surface area contributed by atoms with E-state index < -0.39 is 6.03 Å². The van der Waals surface area contributed by atoms with Crippen LogP contribution in [0.5, 0.6) is 0 Å². The van der Waals surface area contributed by atoms with Gasteiger partial charge < -0.3 is 10.2 Å². The number of halogens is 2. The van der Waals surface area contributed by atoms with Gasteiger partial charge in [-0.2, -0.15) is 5.10 Å². The van der Waals surface area contributed by atoms with Gasteiger partial charge in [-0.05, 0) is 42.3 Å². The molecule has 172 valence electrons. The predicted molar refractivity (Wildman–Crippen MR) is 133 cm³/mol. The Morgan fingerprint density at radius 3 is 2.52 bits per heavy atom. The summed E-state index contributed by atoms with van der Waals surface area (Å²) < 4.78 is 1.70. The molecule has 2 N–H and O–H groups in total. The fourth-order valence-corrected chi connectivity index (χ4v) is 4.10. The van der Waals surface area contributed by atoms with Gasteiger partial charge in [-0.3, -0.25) is 10.1 Å². The first-order valence-corrected chi connectivity index (χ1v) is 11.3. The fraction of sp³-hybridized carbons (Fsp3) is 0.292. The van der Waals surface area contributed by atoms with E-state index >= 15 is 0 Å². The second-order valence-electron chi connectivity index (χ2n) is 8.99. The summed E-state index contributed by atoms with van der Waals surface area (Å²) in [6.07, 6.45) is 0.770. The van der Waals surface area contributed by atoms with Crippen LogP contribution in [-0.2, 0) is 16.6 Å². The van der Waals surface area contributed by atoms with E-state index in [2.05, 4.69) is 31.4 Å². The molecule has 0 atom stereocenters. The number of nitrogens with zero attached hydrogens (tertiary/aromatic N) is 3. The zero-order valence-corrected chi connectivity index (χ0v) is 20.4. The van der Waals surface area contributed by atoms with Gasteiger partial charge >= 0.3 is 6.03 Å². The average Bonchev–Trinajstić information content (AvgIpc) is 3.35. The van der Waals surface area contributed by atoms with E-state index in [9.17, 15) is 9.59 Å². The molecule has 0 bridgehead atoms. The highest BCUT2D eigenvalue weighted by Crippen LogP contribution is 2.33. The van der Waals surface area contributed by atoms with Crippen LogP contribution in [0.25, 0.3) is 5.69 Å². The maximum atomic E-state index is 12.8. The number of nitrogens with one attached hydrogen (secondary N) is 2. The molecule has 1 aromatic heterocycles. The van der Waals surface area contributed by atoms with Gasteiger partial charge in [0.15, 0.2) is 0 Å². The van der Waals surface area contributed by atoms with E-state index in [1.54, 1.807) is 34.7 Å². The molecule has 0 aliphatic carbocycles. The normalized spacial score (nSPS) is 13.1. The van der Waals surface area contributed by atoms with Crippen LogP contribution in [0.15, 0.2) is 42.5 Å². The molecule has 0 radical (unpaired) electrons. The summed E-state index contributed by atoms with van der Waals surface area (Å²) in [7, 11) is 0. The minimum atomic E-state index is -0.468. The second-order valence-corrected chi connectivity index (χ2v) is 9.78. The number of carbonyl (C=O) groups excluding carboxylic acids is 2. The van der Waals surface area contributed by atoms with Crippen LogP contribution in [0.3, 0.4) is 0 Å². The number of hydrogen-bond donors (Lipinski definition) is 2. The lowest BCUT2D eigenvalue weighted by Gasteiger charge is -2.16. The number of aromatic nitrogens is 2. The van der Waals surface area contributed by atoms with Gasteiger partial charge in [0.25, 0.3) is 0 Å². The Kier molecular flexibility index (Phi) is 6.12. The maximum absolute atomic E-state index is 12.8. The monoisotopic (exact) mass is 485 g/mol. The summed E-state index contributed by atoms with van der Waals surface area (Å²) >= 11 is 12.2. The first-order chi connectivity index (χ1) is 15.5. The Labute approximate surface area is 202 Å². The van der Waals surface area contributed by atoms with E-state index in [0.717, 1.165) is 29.1 Å². The summed E-state index contributed by atoms with van der Waals surface area (Å²) in [6.45, 7) is 8.40. The molecule has 3 amide bonds. The molecule has 0 unspecified atom stereocenters. The summed E-state index contributed by atoms with van der Waals surface area (Å²) in [5.74, 6) is 0.534. The summed E-state index contributed by atoms with van der Waals surface area (Å²) in [5.41, 5.74) is 3.78. The van der Waals surface area contributed by atoms with E-state index in [4.69, 9.17) is 28.3 Å². The van der Waals surface area contributed by atoms with Gasteiger partial charge in [-0.1, -0.05) is 50.0 Å². The lowest BCUT2D eigenvalue weighted by Crippen LogP contribution is -2.25. The number of carbonyl (C=O) groups is 2. The highest BCUT2D eigenvalue weighted by atomic mass is 35.5. The number of fused-ring (bicyclic) bond motifs is 1. The molecule has 1 aliphatic heterocycles. The van der Waals surface area contributed by atoms with Crippen molar-refractivity contribution in [3.63, 3.8) is 0 Å². The minimum Gasteiger partial charge on any atom is -0.312 e. The van der Waals surface area contributed by atoms with Crippen molar-refractivity contribution in [1.29, 1.82) is 0 Å². The Bertz CT molecular complexity index is 1250. The Morgan fingerprint density at radius 2 is 1.82 bits per heavy atom. The third kappa shape index (κ3) is 4.70. The molecule has 0 saturated carbocycles. The molecule has 0 spiro atoms. The van der Waals surface area contributed by atoms with Gasteiger partial charge in [0.05, 0.1) is 27.1 Å².